The molecular weight excluding hydrogens is 348 g/mol. The normalized spacial score (nSPS) is 21.0. The number of nitrogens with zero attached hydrogens (tertiary/aromatic N) is 3. The summed E-state index contributed by atoms with van der Waals surface area (Å²) in [5.41, 5.74) is 6.51. The third kappa shape index (κ3) is 3.75. The predicted molar refractivity (Wildman–Crippen MR) is 101 cm³/mol. The summed E-state index contributed by atoms with van der Waals surface area (Å²) in [6, 6.07) is 3.80. The molecule has 1 atom stereocenters. The fourth-order valence-corrected chi connectivity index (χ4v) is 3.80. The zero-order valence-corrected chi connectivity index (χ0v) is 15.9. The van der Waals surface area contributed by atoms with Crippen molar-refractivity contribution in [2.75, 3.05) is 14.2 Å². The quantitative estimate of drug-likeness (QED) is 0.823. The van der Waals surface area contributed by atoms with Gasteiger partial charge in [0, 0.05) is 30.7 Å². The van der Waals surface area contributed by atoms with Crippen LogP contribution in [-0.2, 0) is 4.79 Å². The van der Waals surface area contributed by atoms with Gasteiger partial charge in [-0.05, 0) is 38.7 Å². The molecule has 2 aromatic rings. The number of rotatable bonds is 5. The van der Waals surface area contributed by atoms with Crippen LogP contribution in [-0.4, -0.2) is 57.9 Å². The molecule has 27 heavy (non-hydrogen) atoms. The first-order chi connectivity index (χ1) is 12.8. The lowest BCUT2D eigenvalue weighted by atomic mass is 9.90. The van der Waals surface area contributed by atoms with Crippen LogP contribution in [0, 0.1) is 0 Å². The van der Waals surface area contributed by atoms with Crippen LogP contribution in [0.15, 0.2) is 18.3 Å². The zero-order valence-electron chi connectivity index (χ0n) is 15.9. The highest BCUT2D eigenvalue weighted by Gasteiger charge is 2.29. The molecule has 3 N–H and O–H groups in total. The Labute approximate surface area is 157 Å². The first-order valence-corrected chi connectivity index (χ1v) is 9.13. The van der Waals surface area contributed by atoms with Crippen LogP contribution in [0.4, 0.5) is 0 Å². The molecule has 1 heterocycles. The molecule has 1 aromatic carbocycles. The summed E-state index contributed by atoms with van der Waals surface area (Å²) in [4.78, 5) is 25.2. The van der Waals surface area contributed by atoms with Crippen LogP contribution in [0.5, 0.6) is 5.75 Å². The molecule has 1 saturated carbocycles. The van der Waals surface area contributed by atoms with Crippen molar-refractivity contribution in [3.63, 3.8) is 0 Å². The van der Waals surface area contributed by atoms with E-state index in [4.69, 9.17) is 10.5 Å². The Morgan fingerprint density at radius 3 is 2.56 bits per heavy atom. The van der Waals surface area contributed by atoms with Gasteiger partial charge in [0.15, 0.2) is 0 Å². The van der Waals surface area contributed by atoms with Gasteiger partial charge in [0.05, 0.1) is 24.2 Å². The lowest BCUT2D eigenvalue weighted by molar-refractivity contribution is -0.140. The van der Waals surface area contributed by atoms with Crippen molar-refractivity contribution < 1.29 is 19.4 Å². The summed E-state index contributed by atoms with van der Waals surface area (Å²) in [6.45, 7) is 1.49. The maximum Gasteiger partial charge on any atom is 0.252 e. The first-order valence-electron chi connectivity index (χ1n) is 9.13. The number of nitrogens with two attached hydrogens (primary N) is 1. The standard InChI is InChI=1S/C19H26N4O4/c1-11(24)19(26)22(2)13-4-6-14(7-5-13)23-10-12-8-15(18(20)25)17(27-3)9-16(12)21-23/h8-11,13-14,24H,4-7H2,1-3H3,(H2,20,25)/t11-,13?,14?/m0/s1. The molecule has 0 aliphatic heterocycles. The van der Waals surface area contributed by atoms with Crippen LogP contribution < -0.4 is 10.5 Å². The highest BCUT2D eigenvalue weighted by atomic mass is 16.5. The Bertz CT molecular complexity index is 853. The average Bonchev–Trinajstić information content (AvgIpc) is 3.08. The molecule has 0 radical (unpaired) electrons. The van der Waals surface area contributed by atoms with E-state index >= 15 is 0 Å². The average molecular weight is 374 g/mol. The molecule has 8 heteroatoms. The van der Waals surface area contributed by atoms with Crippen LogP contribution >= 0.6 is 0 Å². The molecule has 8 nitrogen and oxygen atoms in total. The third-order valence-corrected chi connectivity index (χ3v) is 5.40. The van der Waals surface area contributed by atoms with E-state index in [1.165, 1.54) is 14.0 Å². The lowest BCUT2D eigenvalue weighted by Gasteiger charge is -2.35. The Morgan fingerprint density at radius 1 is 1.33 bits per heavy atom. The Morgan fingerprint density at radius 2 is 2.00 bits per heavy atom. The second kappa shape index (κ2) is 7.56. The van der Waals surface area contributed by atoms with E-state index in [0.717, 1.165) is 36.6 Å². The number of carbonyl (C=O) groups excluding carboxylic acids is 2. The van der Waals surface area contributed by atoms with E-state index in [-0.39, 0.29) is 18.0 Å². The van der Waals surface area contributed by atoms with Crippen molar-refractivity contribution in [2.45, 2.75) is 50.8 Å². The summed E-state index contributed by atoms with van der Waals surface area (Å²) >= 11 is 0. The topological polar surface area (TPSA) is 111 Å². The van der Waals surface area contributed by atoms with Crippen molar-refractivity contribution in [3.05, 3.63) is 23.9 Å². The maximum absolute atomic E-state index is 12.0. The molecule has 0 saturated heterocycles. The molecule has 2 amide bonds. The number of hydrogen-bond donors (Lipinski definition) is 2. The number of benzene rings is 1. The Hall–Kier alpha value is -2.61. The fourth-order valence-electron chi connectivity index (χ4n) is 3.80. The fraction of sp³-hybridized carbons (Fsp3) is 0.526. The zero-order chi connectivity index (χ0) is 19.7. The van der Waals surface area contributed by atoms with Crippen molar-refractivity contribution >= 4 is 22.7 Å². The first kappa shape index (κ1) is 19.2. The van der Waals surface area contributed by atoms with E-state index in [2.05, 4.69) is 5.10 Å². The predicted octanol–water partition coefficient (Wildman–Crippen LogP) is 1.47. The number of methoxy groups -OCH3 is 1. The van der Waals surface area contributed by atoms with E-state index in [9.17, 15) is 14.7 Å². The minimum atomic E-state index is -0.974. The van der Waals surface area contributed by atoms with E-state index < -0.39 is 12.0 Å². The van der Waals surface area contributed by atoms with Gasteiger partial charge in [-0.2, -0.15) is 5.10 Å². The SMILES string of the molecule is COc1cc2nn(C3CCC(N(C)C(=O)[C@H](C)O)CC3)cc2cc1C(N)=O. The molecule has 0 unspecified atom stereocenters. The van der Waals surface area contributed by atoms with Gasteiger partial charge in [-0.15, -0.1) is 0 Å². The highest BCUT2D eigenvalue weighted by molar-refractivity contribution is 6.00. The number of ether oxygens (including phenoxy) is 1. The van der Waals surface area contributed by atoms with Gasteiger partial charge in [-0.3, -0.25) is 14.3 Å². The van der Waals surface area contributed by atoms with Gasteiger partial charge in [0.1, 0.15) is 11.9 Å². The molecule has 146 valence electrons. The van der Waals surface area contributed by atoms with Gasteiger partial charge in [-0.25, -0.2) is 0 Å². The van der Waals surface area contributed by atoms with Crippen molar-refractivity contribution in [3.8, 4) is 5.75 Å². The van der Waals surface area contributed by atoms with Crippen LogP contribution in [0.25, 0.3) is 10.9 Å². The largest absolute Gasteiger partial charge is 0.496 e. The van der Waals surface area contributed by atoms with Gasteiger partial charge in [0.25, 0.3) is 11.8 Å². The summed E-state index contributed by atoms with van der Waals surface area (Å²) in [5, 5.41) is 15.0. The maximum atomic E-state index is 12.0. The monoisotopic (exact) mass is 374 g/mol. The van der Waals surface area contributed by atoms with E-state index in [1.54, 1.807) is 24.1 Å². The highest BCUT2D eigenvalue weighted by Crippen LogP contribution is 2.32. The van der Waals surface area contributed by atoms with Crippen molar-refractivity contribution in [1.82, 2.24) is 14.7 Å². The summed E-state index contributed by atoms with van der Waals surface area (Å²) in [6.07, 6.45) is 4.43. The number of aromatic nitrogens is 2. The minimum Gasteiger partial charge on any atom is -0.496 e. The van der Waals surface area contributed by atoms with Crippen molar-refractivity contribution in [1.29, 1.82) is 0 Å². The Kier molecular flexibility index (Phi) is 5.36. The van der Waals surface area contributed by atoms with Crippen LogP contribution in [0.2, 0.25) is 0 Å². The summed E-state index contributed by atoms with van der Waals surface area (Å²) < 4.78 is 7.18. The van der Waals surface area contributed by atoms with E-state index in [1.807, 2.05) is 10.9 Å². The number of hydrogen-bond acceptors (Lipinski definition) is 5. The number of primary amides is 1. The molecule has 0 spiro atoms. The molecular formula is C19H26N4O4. The van der Waals surface area contributed by atoms with Crippen LogP contribution in [0.3, 0.4) is 0 Å². The van der Waals surface area contributed by atoms with E-state index in [0.29, 0.717) is 11.3 Å². The van der Waals surface area contributed by atoms with Gasteiger partial charge in [-0.1, -0.05) is 0 Å². The Balaban J connectivity index is 1.75. The molecule has 3 rings (SSSR count). The molecule has 1 aliphatic rings. The number of fused-ring (bicyclic) bond motifs is 1. The molecule has 0 bridgehead atoms. The molecule has 1 aromatic heterocycles. The number of aliphatic hydroxyl groups is 1. The smallest absolute Gasteiger partial charge is 0.252 e. The minimum absolute atomic E-state index is 0.134. The number of carbonyl (C=O) groups is 2. The third-order valence-electron chi connectivity index (χ3n) is 5.40. The van der Waals surface area contributed by atoms with Crippen molar-refractivity contribution in [2.24, 2.45) is 5.73 Å². The molecule has 1 aliphatic carbocycles. The summed E-state index contributed by atoms with van der Waals surface area (Å²) in [7, 11) is 3.25. The van der Waals surface area contributed by atoms with Crippen LogP contribution in [0.1, 0.15) is 49.0 Å². The lowest BCUT2D eigenvalue weighted by Crippen LogP contribution is -2.43. The summed E-state index contributed by atoms with van der Waals surface area (Å²) in [5.74, 6) is -0.357. The second-order valence-corrected chi connectivity index (χ2v) is 7.17. The number of amides is 2. The number of aliphatic hydroxyl groups excluding tert-OH is 1. The van der Waals surface area contributed by atoms with Gasteiger partial charge < -0.3 is 20.5 Å². The molecule has 1 fully saturated rings. The number of likely N-dealkylation sites (N-methyl/N-ethyl adjacent to an activating group) is 1. The van der Waals surface area contributed by atoms with Gasteiger partial charge in [0.2, 0.25) is 0 Å². The second-order valence-electron chi connectivity index (χ2n) is 7.17. The van der Waals surface area contributed by atoms with Gasteiger partial charge >= 0.3 is 0 Å².